The first-order valence-electron chi connectivity index (χ1n) is 8.85. The molecule has 0 aliphatic rings. The summed E-state index contributed by atoms with van der Waals surface area (Å²) in [5.74, 6) is -0.440. The number of anilines is 2. The third-order valence-electron chi connectivity index (χ3n) is 3.61. The molecule has 2 amide bonds. The van der Waals surface area contributed by atoms with Crippen molar-refractivity contribution in [3.63, 3.8) is 0 Å². The van der Waals surface area contributed by atoms with E-state index in [2.05, 4.69) is 15.4 Å². The van der Waals surface area contributed by atoms with Crippen LogP contribution in [0, 0.1) is 0 Å². The molecule has 2 rings (SSSR count). The number of carbonyl (C=O) groups is 2. The van der Waals surface area contributed by atoms with E-state index in [0.29, 0.717) is 23.4 Å². The molecule has 0 heterocycles. The van der Waals surface area contributed by atoms with Crippen molar-refractivity contribution in [3.8, 4) is 0 Å². The van der Waals surface area contributed by atoms with E-state index < -0.39 is 15.6 Å². The van der Waals surface area contributed by atoms with Crippen molar-refractivity contribution in [2.75, 3.05) is 10.6 Å². The second kappa shape index (κ2) is 8.53. The Hall–Kier alpha value is -2.71. The molecule has 150 valence electrons. The Morgan fingerprint density at radius 2 is 1.36 bits per heavy atom. The minimum absolute atomic E-state index is 0.104. The van der Waals surface area contributed by atoms with Gasteiger partial charge in [-0.05, 0) is 69.3 Å². The van der Waals surface area contributed by atoms with Gasteiger partial charge in [0, 0.05) is 28.9 Å². The Morgan fingerprint density at radius 1 is 0.857 bits per heavy atom. The third-order valence-corrected chi connectivity index (χ3v) is 5.39. The number of benzene rings is 2. The van der Waals surface area contributed by atoms with Crippen LogP contribution in [-0.2, 0) is 14.8 Å². The molecule has 0 bridgehead atoms. The van der Waals surface area contributed by atoms with Crippen LogP contribution >= 0.6 is 0 Å². The monoisotopic (exact) mass is 403 g/mol. The molecular formula is C20H25N3O4S. The number of hydrogen-bond donors (Lipinski definition) is 3. The lowest BCUT2D eigenvalue weighted by Gasteiger charge is -2.20. The standard InChI is InChI=1S/C20H25N3O4S/c1-5-18(24)21-15-8-6-14(7-9-15)19(25)22-16-10-12-17(13-11-16)28(26,27)23-20(2,3)4/h6-13,23H,5H2,1-4H3,(H,21,24)(H,22,25). The summed E-state index contributed by atoms with van der Waals surface area (Å²) in [6.07, 6.45) is 0.374. The molecule has 2 aromatic carbocycles. The zero-order valence-corrected chi connectivity index (χ0v) is 17.2. The van der Waals surface area contributed by atoms with E-state index in [9.17, 15) is 18.0 Å². The largest absolute Gasteiger partial charge is 0.326 e. The van der Waals surface area contributed by atoms with E-state index in [4.69, 9.17) is 0 Å². The fourth-order valence-corrected chi connectivity index (χ4v) is 3.76. The molecule has 0 aliphatic carbocycles. The maximum atomic E-state index is 12.3. The summed E-state index contributed by atoms with van der Waals surface area (Å²) in [6.45, 7) is 7.04. The number of rotatable bonds is 6. The van der Waals surface area contributed by atoms with Gasteiger partial charge >= 0.3 is 0 Å². The molecular weight excluding hydrogens is 378 g/mol. The van der Waals surface area contributed by atoms with Crippen LogP contribution in [0.4, 0.5) is 11.4 Å². The quantitative estimate of drug-likeness (QED) is 0.688. The highest BCUT2D eigenvalue weighted by Gasteiger charge is 2.21. The Balaban J connectivity index is 2.05. The highest BCUT2D eigenvalue weighted by atomic mass is 32.2. The Morgan fingerprint density at radius 3 is 1.86 bits per heavy atom. The number of amides is 2. The fraction of sp³-hybridized carbons (Fsp3) is 0.300. The summed E-state index contributed by atoms with van der Waals surface area (Å²) in [4.78, 5) is 23.8. The minimum atomic E-state index is -3.63. The van der Waals surface area contributed by atoms with Crippen LogP contribution in [0.1, 0.15) is 44.5 Å². The highest BCUT2D eigenvalue weighted by Crippen LogP contribution is 2.17. The number of sulfonamides is 1. The molecule has 2 aromatic rings. The van der Waals surface area contributed by atoms with E-state index in [1.807, 2.05) is 0 Å². The summed E-state index contributed by atoms with van der Waals surface area (Å²) in [6, 6.07) is 12.4. The van der Waals surface area contributed by atoms with Crippen molar-refractivity contribution in [1.82, 2.24) is 4.72 Å². The maximum Gasteiger partial charge on any atom is 0.255 e. The molecule has 0 aliphatic heterocycles. The first-order chi connectivity index (χ1) is 13.0. The predicted molar refractivity (Wildman–Crippen MR) is 110 cm³/mol. The third kappa shape index (κ3) is 6.17. The van der Waals surface area contributed by atoms with Gasteiger partial charge in [-0.15, -0.1) is 0 Å². The van der Waals surface area contributed by atoms with Gasteiger partial charge in [-0.3, -0.25) is 9.59 Å². The molecule has 3 N–H and O–H groups in total. The van der Waals surface area contributed by atoms with Gasteiger partial charge < -0.3 is 10.6 Å². The van der Waals surface area contributed by atoms with Crippen molar-refractivity contribution in [1.29, 1.82) is 0 Å². The van der Waals surface area contributed by atoms with Gasteiger partial charge in [0.15, 0.2) is 0 Å². The summed E-state index contributed by atoms with van der Waals surface area (Å²) in [5.41, 5.74) is 0.919. The summed E-state index contributed by atoms with van der Waals surface area (Å²) in [5, 5.41) is 5.43. The Bertz CT molecular complexity index is 944. The zero-order chi connectivity index (χ0) is 20.9. The SMILES string of the molecule is CCC(=O)Nc1ccc(C(=O)Nc2ccc(S(=O)(=O)NC(C)(C)C)cc2)cc1. The van der Waals surface area contributed by atoms with Gasteiger partial charge in [0.2, 0.25) is 15.9 Å². The van der Waals surface area contributed by atoms with Gasteiger partial charge in [0.05, 0.1) is 4.90 Å². The topological polar surface area (TPSA) is 104 Å². The van der Waals surface area contributed by atoms with Crippen LogP contribution in [0.3, 0.4) is 0 Å². The van der Waals surface area contributed by atoms with Crippen LogP contribution in [0.15, 0.2) is 53.4 Å². The second-order valence-corrected chi connectivity index (χ2v) is 9.00. The van der Waals surface area contributed by atoms with Crippen molar-refractivity contribution < 1.29 is 18.0 Å². The van der Waals surface area contributed by atoms with Crippen molar-refractivity contribution in [2.45, 2.75) is 44.6 Å². The molecule has 28 heavy (non-hydrogen) atoms. The molecule has 0 radical (unpaired) electrons. The lowest BCUT2D eigenvalue weighted by Crippen LogP contribution is -2.40. The van der Waals surface area contributed by atoms with Gasteiger partial charge in [0.25, 0.3) is 5.91 Å². The average Bonchev–Trinajstić information content (AvgIpc) is 2.60. The van der Waals surface area contributed by atoms with Crippen LogP contribution in [0.25, 0.3) is 0 Å². The van der Waals surface area contributed by atoms with Crippen LogP contribution in [0.2, 0.25) is 0 Å². The first-order valence-corrected chi connectivity index (χ1v) is 10.3. The molecule has 0 aromatic heterocycles. The lowest BCUT2D eigenvalue weighted by molar-refractivity contribution is -0.115. The Labute approximate surface area is 165 Å². The van der Waals surface area contributed by atoms with Crippen molar-refractivity contribution in [3.05, 3.63) is 54.1 Å². The fourth-order valence-electron chi connectivity index (χ4n) is 2.34. The second-order valence-electron chi connectivity index (χ2n) is 7.31. The maximum absolute atomic E-state index is 12.3. The van der Waals surface area contributed by atoms with Crippen LogP contribution < -0.4 is 15.4 Å². The van der Waals surface area contributed by atoms with Gasteiger partial charge in [-0.1, -0.05) is 6.92 Å². The van der Waals surface area contributed by atoms with Crippen molar-refractivity contribution >= 4 is 33.2 Å². The van der Waals surface area contributed by atoms with Gasteiger partial charge in [-0.2, -0.15) is 0 Å². The number of carbonyl (C=O) groups excluding carboxylic acids is 2. The molecule has 0 fully saturated rings. The molecule has 0 saturated heterocycles. The van der Waals surface area contributed by atoms with Crippen LogP contribution in [-0.4, -0.2) is 25.8 Å². The zero-order valence-electron chi connectivity index (χ0n) is 16.4. The lowest BCUT2D eigenvalue weighted by atomic mass is 10.1. The molecule has 8 heteroatoms. The average molecular weight is 404 g/mol. The van der Waals surface area contributed by atoms with Gasteiger partial charge in [0.1, 0.15) is 0 Å². The first kappa shape index (κ1) is 21.6. The molecule has 0 unspecified atom stereocenters. The number of nitrogens with one attached hydrogen (secondary N) is 3. The van der Waals surface area contributed by atoms with E-state index in [1.54, 1.807) is 52.0 Å². The molecule has 0 saturated carbocycles. The van der Waals surface area contributed by atoms with E-state index in [1.165, 1.54) is 24.3 Å². The van der Waals surface area contributed by atoms with E-state index in [-0.39, 0.29) is 16.7 Å². The normalized spacial score (nSPS) is 11.7. The predicted octanol–water partition coefficient (Wildman–Crippen LogP) is 3.36. The van der Waals surface area contributed by atoms with Crippen LogP contribution in [0.5, 0.6) is 0 Å². The van der Waals surface area contributed by atoms with Crippen molar-refractivity contribution in [2.24, 2.45) is 0 Å². The minimum Gasteiger partial charge on any atom is -0.326 e. The van der Waals surface area contributed by atoms with Gasteiger partial charge in [-0.25, -0.2) is 13.1 Å². The van der Waals surface area contributed by atoms with E-state index in [0.717, 1.165) is 0 Å². The molecule has 0 atom stereocenters. The summed E-state index contributed by atoms with van der Waals surface area (Å²) < 4.78 is 27.2. The Kier molecular flexibility index (Phi) is 6.58. The summed E-state index contributed by atoms with van der Waals surface area (Å²) in [7, 11) is -3.63. The van der Waals surface area contributed by atoms with E-state index >= 15 is 0 Å². The number of hydrogen-bond acceptors (Lipinski definition) is 4. The molecule has 7 nitrogen and oxygen atoms in total. The smallest absolute Gasteiger partial charge is 0.255 e. The summed E-state index contributed by atoms with van der Waals surface area (Å²) >= 11 is 0. The molecule has 0 spiro atoms. The highest BCUT2D eigenvalue weighted by molar-refractivity contribution is 7.89.